The fourth-order valence-corrected chi connectivity index (χ4v) is 5.59. The van der Waals surface area contributed by atoms with Crippen LogP contribution in [0, 0.1) is 11.8 Å². The van der Waals surface area contributed by atoms with E-state index in [0.717, 1.165) is 28.6 Å². The van der Waals surface area contributed by atoms with E-state index in [1.807, 2.05) is 60.4 Å². The quantitative estimate of drug-likeness (QED) is 0.474. The summed E-state index contributed by atoms with van der Waals surface area (Å²) in [6.07, 6.45) is 5.66. The summed E-state index contributed by atoms with van der Waals surface area (Å²) in [6.45, 7) is 2.46. The summed E-state index contributed by atoms with van der Waals surface area (Å²) >= 11 is 3.51. The van der Waals surface area contributed by atoms with Crippen LogP contribution in [0.15, 0.2) is 59.1 Å². The summed E-state index contributed by atoms with van der Waals surface area (Å²) in [7, 11) is 0. The molecule has 3 heterocycles. The van der Waals surface area contributed by atoms with E-state index in [9.17, 15) is 14.4 Å². The molecule has 0 saturated carbocycles. The molecule has 3 aliphatic heterocycles. The Morgan fingerprint density at radius 1 is 1.03 bits per heavy atom. The van der Waals surface area contributed by atoms with Crippen LogP contribution < -0.4 is 4.90 Å². The molecular weight excluding hydrogens is 456 g/mol. The smallest absolute Gasteiger partial charge is 0.235 e. The first-order valence-corrected chi connectivity index (χ1v) is 11.5. The maximum Gasteiger partial charge on any atom is 0.235 e. The molecule has 2 amide bonds. The van der Waals surface area contributed by atoms with Crippen LogP contribution in [0.2, 0.25) is 0 Å². The minimum atomic E-state index is -0.703. The Kier molecular flexibility index (Phi) is 5.05. The van der Waals surface area contributed by atoms with Crippen molar-refractivity contribution in [2.75, 3.05) is 11.4 Å². The van der Waals surface area contributed by atoms with E-state index in [1.54, 1.807) is 12.1 Å². The number of benzene rings is 2. The number of rotatable bonds is 5. The molecule has 4 atom stereocenters. The summed E-state index contributed by atoms with van der Waals surface area (Å²) in [4.78, 5) is 44.0. The number of nitrogens with zero attached hydrogens (tertiary/aromatic N) is 2. The lowest BCUT2D eigenvalue weighted by Crippen LogP contribution is -2.48. The van der Waals surface area contributed by atoms with Gasteiger partial charge in [0.25, 0.3) is 0 Å². The number of anilines is 1. The van der Waals surface area contributed by atoms with Crippen LogP contribution in [0.4, 0.5) is 5.69 Å². The van der Waals surface area contributed by atoms with Gasteiger partial charge >= 0.3 is 0 Å². The number of carbonyl (C=O) groups excluding carboxylic acids is 3. The van der Waals surface area contributed by atoms with Gasteiger partial charge in [-0.15, -0.1) is 0 Å². The first-order valence-electron chi connectivity index (χ1n) is 10.7. The largest absolute Gasteiger partial charge is 0.352 e. The molecule has 0 N–H and O–H groups in total. The third-order valence-corrected chi connectivity index (χ3v) is 7.11. The number of Topliss-reactive ketones (excluding diaryl/α,β-unsaturated/α-hetero) is 1. The summed E-state index contributed by atoms with van der Waals surface area (Å²) < 4.78 is 0.942. The van der Waals surface area contributed by atoms with Gasteiger partial charge < -0.3 is 4.90 Å². The molecule has 0 spiro atoms. The average Bonchev–Trinajstić information content (AvgIpc) is 3.25. The van der Waals surface area contributed by atoms with E-state index < -0.39 is 17.9 Å². The second kappa shape index (κ2) is 7.75. The molecule has 31 heavy (non-hydrogen) atoms. The molecule has 0 radical (unpaired) electrons. The summed E-state index contributed by atoms with van der Waals surface area (Å²) in [5, 5.41) is 0. The molecule has 0 bridgehead atoms. The van der Waals surface area contributed by atoms with Crippen molar-refractivity contribution in [1.82, 2.24) is 4.90 Å². The van der Waals surface area contributed by atoms with Gasteiger partial charge in [0, 0.05) is 22.3 Å². The van der Waals surface area contributed by atoms with Gasteiger partial charge in [0.2, 0.25) is 11.8 Å². The van der Waals surface area contributed by atoms with Crippen molar-refractivity contribution in [1.29, 1.82) is 0 Å². The van der Waals surface area contributed by atoms with Gasteiger partial charge in [0.1, 0.15) is 6.04 Å². The first kappa shape index (κ1) is 20.2. The van der Waals surface area contributed by atoms with Crippen molar-refractivity contribution >= 4 is 45.3 Å². The van der Waals surface area contributed by atoms with Crippen LogP contribution in [0.3, 0.4) is 0 Å². The zero-order valence-electron chi connectivity index (χ0n) is 17.2. The van der Waals surface area contributed by atoms with Gasteiger partial charge in [-0.25, -0.2) is 0 Å². The molecular formula is C25H23BrN2O3. The van der Waals surface area contributed by atoms with Crippen LogP contribution in [0.1, 0.15) is 35.7 Å². The number of unbranched alkanes of at least 4 members (excludes halogenated alkanes) is 1. The Balaban J connectivity index is 1.63. The Morgan fingerprint density at radius 2 is 1.77 bits per heavy atom. The molecule has 5 rings (SSSR count). The average molecular weight is 479 g/mol. The Labute approximate surface area is 189 Å². The number of ketones is 1. The van der Waals surface area contributed by atoms with Crippen molar-refractivity contribution in [2.24, 2.45) is 11.8 Å². The third-order valence-electron chi connectivity index (χ3n) is 6.62. The Bertz CT molecular complexity index is 1100. The number of likely N-dealkylation sites (tertiary alicyclic amines) is 1. The fourth-order valence-electron chi connectivity index (χ4n) is 5.22. The molecule has 0 aromatic heterocycles. The van der Waals surface area contributed by atoms with Crippen LogP contribution in [0.5, 0.6) is 0 Å². The lowest BCUT2D eigenvalue weighted by molar-refractivity contribution is -0.140. The maximum absolute atomic E-state index is 13.7. The molecule has 2 aromatic rings. The number of amides is 2. The lowest BCUT2D eigenvalue weighted by Gasteiger charge is -2.36. The van der Waals surface area contributed by atoms with Crippen molar-refractivity contribution in [3.63, 3.8) is 0 Å². The molecule has 0 unspecified atom stereocenters. The second-order valence-corrected chi connectivity index (χ2v) is 9.28. The standard InChI is InChI=1S/C25H23BrN2O3/c1-2-3-13-27-24(30)20-19-11-9-16-14-17(26)10-12-18(16)28(19)22(21(20)25(27)31)23(29)15-7-5-4-6-8-15/h4-12,14,19-22H,2-3,13H2,1H3/t19-,20-,21+,22-/m1/s1. The topological polar surface area (TPSA) is 57.7 Å². The van der Waals surface area contributed by atoms with Crippen LogP contribution in [-0.4, -0.2) is 41.1 Å². The molecule has 6 heteroatoms. The fraction of sp³-hybridized carbons (Fsp3) is 0.320. The Hall–Kier alpha value is -2.73. The molecule has 2 saturated heterocycles. The van der Waals surface area contributed by atoms with E-state index >= 15 is 0 Å². The van der Waals surface area contributed by atoms with Crippen molar-refractivity contribution in [2.45, 2.75) is 31.8 Å². The molecule has 2 fully saturated rings. The highest BCUT2D eigenvalue weighted by atomic mass is 79.9. The molecule has 5 nitrogen and oxygen atoms in total. The number of halogens is 1. The van der Waals surface area contributed by atoms with Crippen molar-refractivity contribution in [3.05, 3.63) is 70.2 Å². The van der Waals surface area contributed by atoms with E-state index in [1.165, 1.54) is 4.90 Å². The van der Waals surface area contributed by atoms with Crippen molar-refractivity contribution < 1.29 is 14.4 Å². The normalized spacial score (nSPS) is 26.1. The van der Waals surface area contributed by atoms with Crippen LogP contribution in [-0.2, 0) is 9.59 Å². The molecule has 3 aliphatic rings. The number of imide groups is 1. The number of hydrogen-bond acceptors (Lipinski definition) is 4. The van der Waals surface area contributed by atoms with Gasteiger partial charge in [-0.1, -0.05) is 71.8 Å². The predicted octanol–water partition coefficient (Wildman–Crippen LogP) is 4.32. The zero-order chi connectivity index (χ0) is 21.7. The van der Waals surface area contributed by atoms with Gasteiger partial charge in [0.05, 0.1) is 17.9 Å². The number of hydrogen-bond donors (Lipinski definition) is 0. The number of carbonyl (C=O) groups is 3. The van der Waals surface area contributed by atoms with Gasteiger partial charge in [0.15, 0.2) is 5.78 Å². The first-order chi connectivity index (χ1) is 15.0. The summed E-state index contributed by atoms with van der Waals surface area (Å²) in [5.74, 6) is -1.66. The van der Waals surface area contributed by atoms with E-state index in [4.69, 9.17) is 0 Å². The van der Waals surface area contributed by atoms with E-state index in [-0.39, 0.29) is 23.6 Å². The highest BCUT2D eigenvalue weighted by Crippen LogP contribution is 2.49. The number of fused-ring (bicyclic) bond motifs is 5. The van der Waals surface area contributed by atoms with Crippen molar-refractivity contribution in [3.8, 4) is 0 Å². The summed E-state index contributed by atoms with van der Waals surface area (Å²) in [5.41, 5.74) is 2.42. The highest BCUT2D eigenvalue weighted by molar-refractivity contribution is 9.10. The van der Waals surface area contributed by atoms with Crippen LogP contribution >= 0.6 is 15.9 Å². The van der Waals surface area contributed by atoms with E-state index in [2.05, 4.69) is 15.9 Å². The van der Waals surface area contributed by atoms with Gasteiger partial charge in [-0.3, -0.25) is 19.3 Å². The minimum absolute atomic E-state index is 0.110. The van der Waals surface area contributed by atoms with Gasteiger partial charge in [-0.2, -0.15) is 0 Å². The third kappa shape index (κ3) is 3.07. The highest BCUT2D eigenvalue weighted by Gasteiger charge is 2.63. The van der Waals surface area contributed by atoms with Crippen LogP contribution in [0.25, 0.3) is 6.08 Å². The Morgan fingerprint density at radius 3 is 2.52 bits per heavy atom. The molecule has 0 aliphatic carbocycles. The van der Waals surface area contributed by atoms with Gasteiger partial charge in [-0.05, 0) is 30.2 Å². The monoisotopic (exact) mass is 478 g/mol. The second-order valence-electron chi connectivity index (χ2n) is 8.37. The minimum Gasteiger partial charge on any atom is -0.352 e. The zero-order valence-corrected chi connectivity index (χ0v) is 18.8. The molecule has 2 aromatic carbocycles. The SMILES string of the molecule is CCCCN1C(=O)[C@H]2[C@H](C1=O)[C@H](C(=O)c1ccccc1)N1c3ccc(Br)cc3C=C[C@H]21. The van der Waals surface area contributed by atoms with E-state index in [0.29, 0.717) is 12.1 Å². The predicted molar refractivity (Wildman–Crippen MR) is 123 cm³/mol. The molecule has 158 valence electrons. The lowest BCUT2D eigenvalue weighted by atomic mass is 9.86. The summed E-state index contributed by atoms with van der Waals surface area (Å²) in [6, 6.07) is 14.0. The maximum atomic E-state index is 13.7.